The zero-order chi connectivity index (χ0) is 21.6. The lowest BCUT2D eigenvalue weighted by molar-refractivity contribution is 0.149. The van der Waals surface area contributed by atoms with Gasteiger partial charge >= 0.3 is 0 Å². The molecule has 1 unspecified atom stereocenters. The van der Waals surface area contributed by atoms with Gasteiger partial charge in [-0.15, -0.1) is 0 Å². The Morgan fingerprint density at radius 2 is 1.18 bits per heavy atom. The number of likely N-dealkylation sites (tertiary alicyclic amines) is 1. The fraction of sp³-hybridized carbons (Fsp3) is 0.778. The second-order valence-electron chi connectivity index (χ2n) is 11.2. The van der Waals surface area contributed by atoms with E-state index in [-0.39, 0.29) is 10.8 Å². The van der Waals surface area contributed by atoms with Crippen molar-refractivity contribution in [2.75, 3.05) is 13.1 Å². The minimum absolute atomic E-state index is 0.224. The molecule has 1 aliphatic rings. The maximum atomic E-state index is 2.70. The zero-order valence-electron chi connectivity index (χ0n) is 20.8. The maximum absolute atomic E-state index is 2.70. The lowest BCUT2D eigenvalue weighted by atomic mass is 9.71. The van der Waals surface area contributed by atoms with Crippen molar-refractivity contribution >= 4 is 0 Å². The summed E-state index contributed by atoms with van der Waals surface area (Å²) in [5, 5.41) is 0. The SMILES string of the molecule is CC.CC(CC(C)(C)c1ccc(C(C)(C)CC(C)(C)C)cc1)N1CCCCC1. The van der Waals surface area contributed by atoms with Crippen LogP contribution in [0.1, 0.15) is 112 Å². The van der Waals surface area contributed by atoms with Crippen molar-refractivity contribution in [2.24, 2.45) is 5.41 Å². The van der Waals surface area contributed by atoms with Crippen LogP contribution in [0.25, 0.3) is 0 Å². The van der Waals surface area contributed by atoms with Crippen LogP contribution in [0.5, 0.6) is 0 Å². The molecule has 1 aromatic rings. The molecule has 1 heterocycles. The van der Waals surface area contributed by atoms with Gasteiger partial charge in [0.05, 0.1) is 0 Å². The molecule has 1 saturated heterocycles. The molecule has 0 amide bonds. The van der Waals surface area contributed by atoms with Crippen molar-refractivity contribution in [3.8, 4) is 0 Å². The molecule has 1 aromatic carbocycles. The topological polar surface area (TPSA) is 3.24 Å². The summed E-state index contributed by atoms with van der Waals surface area (Å²) in [6.07, 6.45) is 6.61. The summed E-state index contributed by atoms with van der Waals surface area (Å²) in [4.78, 5) is 2.70. The zero-order valence-corrected chi connectivity index (χ0v) is 20.8. The van der Waals surface area contributed by atoms with Gasteiger partial charge in [-0.2, -0.15) is 0 Å². The van der Waals surface area contributed by atoms with Gasteiger partial charge in [-0.3, -0.25) is 0 Å². The summed E-state index contributed by atoms with van der Waals surface area (Å²) in [6.45, 7) is 25.6. The van der Waals surface area contributed by atoms with Gasteiger partial charge in [0.1, 0.15) is 0 Å². The van der Waals surface area contributed by atoms with Crippen molar-refractivity contribution in [2.45, 2.75) is 118 Å². The van der Waals surface area contributed by atoms with E-state index in [1.807, 2.05) is 13.8 Å². The quantitative estimate of drug-likeness (QED) is 0.478. The van der Waals surface area contributed by atoms with Gasteiger partial charge in [0, 0.05) is 6.04 Å². The van der Waals surface area contributed by atoms with Crippen LogP contribution in [-0.4, -0.2) is 24.0 Å². The Kier molecular flexibility index (Phi) is 9.26. The maximum Gasteiger partial charge on any atom is 0.00752 e. The first-order valence-electron chi connectivity index (χ1n) is 11.8. The van der Waals surface area contributed by atoms with Crippen molar-refractivity contribution in [1.29, 1.82) is 0 Å². The molecule has 0 N–H and O–H groups in total. The van der Waals surface area contributed by atoms with E-state index in [9.17, 15) is 0 Å². The van der Waals surface area contributed by atoms with E-state index in [1.54, 1.807) is 0 Å². The molecule has 0 aliphatic carbocycles. The predicted molar refractivity (Wildman–Crippen MR) is 127 cm³/mol. The van der Waals surface area contributed by atoms with Crippen molar-refractivity contribution < 1.29 is 0 Å². The van der Waals surface area contributed by atoms with Crippen LogP contribution in [0.15, 0.2) is 24.3 Å². The van der Waals surface area contributed by atoms with E-state index in [0.717, 1.165) is 0 Å². The smallest absolute Gasteiger partial charge is 0.00752 e. The van der Waals surface area contributed by atoms with Crippen LogP contribution >= 0.6 is 0 Å². The first kappa shape index (κ1) is 25.2. The summed E-state index contributed by atoms with van der Waals surface area (Å²) in [6, 6.07) is 10.2. The summed E-state index contributed by atoms with van der Waals surface area (Å²) < 4.78 is 0. The molecule has 1 heteroatoms. The third-order valence-electron chi connectivity index (χ3n) is 6.24. The van der Waals surface area contributed by atoms with Crippen LogP contribution < -0.4 is 0 Å². The highest BCUT2D eigenvalue weighted by atomic mass is 15.2. The molecule has 0 radical (unpaired) electrons. The highest BCUT2D eigenvalue weighted by Crippen LogP contribution is 2.37. The molecular formula is C27H49N. The van der Waals surface area contributed by atoms with E-state index in [1.165, 1.54) is 56.3 Å². The molecule has 0 saturated carbocycles. The highest BCUT2D eigenvalue weighted by Gasteiger charge is 2.29. The first-order chi connectivity index (χ1) is 12.9. The molecule has 1 atom stereocenters. The molecule has 1 fully saturated rings. The monoisotopic (exact) mass is 387 g/mol. The number of benzene rings is 1. The van der Waals surface area contributed by atoms with E-state index in [2.05, 4.69) is 84.6 Å². The van der Waals surface area contributed by atoms with Gasteiger partial charge in [0.25, 0.3) is 0 Å². The standard InChI is InChI=1S/C25H43N.C2H6/c1-20(26-16-10-9-11-17-26)18-24(5,6)21-12-14-22(15-13-21)25(7,8)19-23(2,3)4;1-2/h12-15,20H,9-11,16-19H2,1-8H3;1-2H3. The van der Waals surface area contributed by atoms with Crippen LogP contribution in [0.4, 0.5) is 0 Å². The molecule has 2 rings (SSSR count). The first-order valence-corrected chi connectivity index (χ1v) is 11.8. The van der Waals surface area contributed by atoms with Crippen molar-refractivity contribution in [3.63, 3.8) is 0 Å². The summed E-state index contributed by atoms with van der Waals surface area (Å²) >= 11 is 0. The van der Waals surface area contributed by atoms with Gasteiger partial charge in [-0.25, -0.2) is 0 Å². The molecule has 1 nitrogen and oxygen atoms in total. The molecule has 28 heavy (non-hydrogen) atoms. The summed E-state index contributed by atoms with van der Waals surface area (Å²) in [7, 11) is 0. The van der Waals surface area contributed by atoms with Gasteiger partial charge in [0.2, 0.25) is 0 Å². The van der Waals surface area contributed by atoms with E-state index < -0.39 is 0 Å². The average Bonchev–Trinajstić information content (AvgIpc) is 2.62. The number of rotatable bonds is 6. The van der Waals surface area contributed by atoms with Crippen LogP contribution in [-0.2, 0) is 10.8 Å². The second kappa shape index (κ2) is 10.3. The Bertz CT molecular complexity index is 553. The number of hydrogen-bond donors (Lipinski definition) is 0. The Labute approximate surface area is 177 Å². The number of nitrogens with zero attached hydrogens (tertiary/aromatic N) is 1. The predicted octanol–water partition coefficient (Wildman–Crippen LogP) is 7.97. The fourth-order valence-corrected chi connectivity index (χ4v) is 5.15. The minimum atomic E-state index is 0.224. The van der Waals surface area contributed by atoms with Crippen LogP contribution in [0.3, 0.4) is 0 Å². The molecule has 162 valence electrons. The van der Waals surface area contributed by atoms with Gasteiger partial charge < -0.3 is 4.90 Å². The Morgan fingerprint density at radius 3 is 1.61 bits per heavy atom. The summed E-state index contributed by atoms with van der Waals surface area (Å²) in [5.74, 6) is 0. The number of hydrogen-bond acceptors (Lipinski definition) is 1. The van der Waals surface area contributed by atoms with Crippen LogP contribution in [0, 0.1) is 5.41 Å². The van der Waals surface area contributed by atoms with Gasteiger partial charge in [-0.05, 0) is 73.1 Å². The largest absolute Gasteiger partial charge is 0.301 e. The Morgan fingerprint density at radius 1 is 0.750 bits per heavy atom. The highest BCUT2D eigenvalue weighted by molar-refractivity contribution is 5.32. The molecular weight excluding hydrogens is 338 g/mol. The minimum Gasteiger partial charge on any atom is -0.301 e. The molecule has 1 aliphatic heterocycles. The van der Waals surface area contributed by atoms with E-state index in [0.29, 0.717) is 11.5 Å². The van der Waals surface area contributed by atoms with Crippen molar-refractivity contribution in [3.05, 3.63) is 35.4 Å². The lowest BCUT2D eigenvalue weighted by Gasteiger charge is -2.38. The van der Waals surface area contributed by atoms with Crippen molar-refractivity contribution in [1.82, 2.24) is 4.90 Å². The fourth-order valence-electron chi connectivity index (χ4n) is 5.15. The second-order valence-corrected chi connectivity index (χ2v) is 11.2. The van der Waals surface area contributed by atoms with Gasteiger partial charge in [0.15, 0.2) is 0 Å². The van der Waals surface area contributed by atoms with E-state index in [4.69, 9.17) is 0 Å². The van der Waals surface area contributed by atoms with E-state index >= 15 is 0 Å². The Balaban J connectivity index is 0.00000190. The molecule has 0 bridgehead atoms. The summed E-state index contributed by atoms with van der Waals surface area (Å²) in [5.41, 5.74) is 3.75. The Hall–Kier alpha value is -0.820. The number of piperidine rings is 1. The third-order valence-corrected chi connectivity index (χ3v) is 6.24. The lowest BCUT2D eigenvalue weighted by Crippen LogP contribution is -2.40. The van der Waals surface area contributed by atoms with Gasteiger partial charge in [-0.1, -0.05) is 93.0 Å². The van der Waals surface area contributed by atoms with Crippen LogP contribution in [0.2, 0.25) is 0 Å². The third kappa shape index (κ3) is 7.54. The molecule has 0 spiro atoms. The molecule has 0 aromatic heterocycles. The normalized spacial score (nSPS) is 17.6. The average molecular weight is 388 g/mol.